The molecule has 8 heteroatoms. The molecule has 1 fully saturated rings. The Kier molecular flexibility index (Phi) is 4.41. The molecule has 0 saturated carbocycles. The summed E-state index contributed by atoms with van der Waals surface area (Å²) in [6.45, 7) is 0.118. The van der Waals surface area contributed by atoms with E-state index < -0.39 is 22.7 Å². The van der Waals surface area contributed by atoms with E-state index in [0.717, 1.165) is 6.07 Å². The quantitative estimate of drug-likeness (QED) is 0.896. The van der Waals surface area contributed by atoms with Gasteiger partial charge in [0.2, 0.25) is 11.8 Å². The van der Waals surface area contributed by atoms with Gasteiger partial charge in [-0.1, -0.05) is 23.7 Å². The zero-order chi connectivity index (χ0) is 15.6. The van der Waals surface area contributed by atoms with E-state index in [-0.39, 0.29) is 36.9 Å². The van der Waals surface area contributed by atoms with E-state index in [1.807, 2.05) is 0 Å². The van der Waals surface area contributed by atoms with Crippen molar-refractivity contribution in [3.05, 3.63) is 34.3 Å². The third-order valence-electron chi connectivity index (χ3n) is 3.19. The fourth-order valence-corrected chi connectivity index (χ4v) is 2.35. The van der Waals surface area contributed by atoms with Crippen LogP contribution in [0.1, 0.15) is 17.5 Å². The van der Waals surface area contributed by atoms with Crippen LogP contribution in [0.25, 0.3) is 0 Å². The fraction of sp³-hybridized carbons (Fsp3) is 0.385. The van der Waals surface area contributed by atoms with E-state index in [4.69, 9.17) is 11.6 Å². The Balaban J connectivity index is 2.04. The lowest BCUT2D eigenvalue weighted by molar-refractivity contribution is -0.137. The molecule has 1 aromatic carbocycles. The molecule has 1 aliphatic heterocycles. The zero-order valence-electron chi connectivity index (χ0n) is 10.8. The lowest BCUT2D eigenvalue weighted by Gasteiger charge is -2.14. The number of amides is 2. The van der Waals surface area contributed by atoms with Crippen molar-refractivity contribution in [1.29, 1.82) is 0 Å². The maximum absolute atomic E-state index is 12.7. The predicted octanol–water partition coefficient (Wildman–Crippen LogP) is 2.11. The topological polar surface area (TPSA) is 58.2 Å². The van der Waals surface area contributed by atoms with Crippen molar-refractivity contribution >= 4 is 23.4 Å². The maximum Gasteiger partial charge on any atom is 0.417 e. The first-order chi connectivity index (χ1) is 9.79. The van der Waals surface area contributed by atoms with Gasteiger partial charge in [-0.05, 0) is 11.6 Å². The number of benzene rings is 1. The fourth-order valence-electron chi connectivity index (χ4n) is 2.05. The first-order valence-corrected chi connectivity index (χ1v) is 6.56. The second-order valence-electron chi connectivity index (χ2n) is 4.70. The third-order valence-corrected chi connectivity index (χ3v) is 3.63. The van der Waals surface area contributed by atoms with E-state index in [1.165, 1.54) is 12.1 Å². The first kappa shape index (κ1) is 15.6. The van der Waals surface area contributed by atoms with E-state index in [9.17, 15) is 22.8 Å². The summed E-state index contributed by atoms with van der Waals surface area (Å²) < 4.78 is 38.1. The molecule has 0 aliphatic carbocycles. The van der Waals surface area contributed by atoms with Gasteiger partial charge in [-0.25, -0.2) is 0 Å². The Morgan fingerprint density at radius 3 is 2.71 bits per heavy atom. The monoisotopic (exact) mass is 320 g/mol. The number of carbonyl (C=O) groups excluding carboxylic acids is 2. The van der Waals surface area contributed by atoms with Gasteiger partial charge in [0.1, 0.15) is 0 Å². The number of halogens is 4. The second kappa shape index (κ2) is 5.93. The average Bonchev–Trinajstić information content (AvgIpc) is 2.82. The lowest BCUT2D eigenvalue weighted by Crippen LogP contribution is -2.31. The van der Waals surface area contributed by atoms with E-state index in [2.05, 4.69) is 10.6 Å². The van der Waals surface area contributed by atoms with Crippen LogP contribution in [0.5, 0.6) is 0 Å². The molecule has 114 valence electrons. The molecule has 0 radical (unpaired) electrons. The molecule has 2 N–H and O–H groups in total. The second-order valence-corrected chi connectivity index (χ2v) is 5.08. The van der Waals surface area contributed by atoms with Gasteiger partial charge in [0.15, 0.2) is 0 Å². The van der Waals surface area contributed by atoms with Crippen LogP contribution in [-0.2, 0) is 22.3 Å². The van der Waals surface area contributed by atoms with E-state index >= 15 is 0 Å². The Morgan fingerprint density at radius 2 is 2.14 bits per heavy atom. The summed E-state index contributed by atoms with van der Waals surface area (Å²) in [6.07, 6.45) is -4.46. The molecule has 0 unspecified atom stereocenters. The molecule has 1 heterocycles. The summed E-state index contributed by atoms with van der Waals surface area (Å²) in [7, 11) is 0. The molecule has 4 nitrogen and oxygen atoms in total. The minimum absolute atomic E-state index is 0.0855. The summed E-state index contributed by atoms with van der Waals surface area (Å²) in [5.41, 5.74) is -0.759. The molecule has 1 aliphatic rings. The van der Waals surface area contributed by atoms with Crippen LogP contribution in [0.3, 0.4) is 0 Å². The molecule has 1 atom stereocenters. The summed E-state index contributed by atoms with van der Waals surface area (Å²) in [5, 5.41) is 4.59. The minimum atomic E-state index is -4.54. The van der Waals surface area contributed by atoms with Crippen LogP contribution in [0.2, 0.25) is 5.02 Å². The number of carbonyl (C=O) groups is 2. The Labute approximate surface area is 123 Å². The highest BCUT2D eigenvalue weighted by Gasteiger charge is 2.34. The van der Waals surface area contributed by atoms with E-state index in [1.54, 1.807) is 0 Å². The van der Waals surface area contributed by atoms with Crippen LogP contribution in [-0.4, -0.2) is 18.4 Å². The van der Waals surface area contributed by atoms with Crippen LogP contribution in [0.15, 0.2) is 18.2 Å². The standard InChI is InChI=1S/C13H12ClF3N2O2/c14-11-7(2-1-3-9(11)13(15,16)17)5-19-12(21)8-4-10(20)18-6-8/h1-3,8H,4-6H2,(H,18,20)(H,19,21)/t8-/m0/s1. The molecule has 1 saturated heterocycles. The van der Waals surface area contributed by atoms with Crippen LogP contribution in [0, 0.1) is 5.92 Å². The largest absolute Gasteiger partial charge is 0.417 e. The lowest BCUT2D eigenvalue weighted by atomic mass is 10.1. The first-order valence-electron chi connectivity index (χ1n) is 6.18. The zero-order valence-corrected chi connectivity index (χ0v) is 11.5. The molecule has 0 aromatic heterocycles. The summed E-state index contributed by atoms with van der Waals surface area (Å²) in [4.78, 5) is 22.8. The number of hydrogen-bond donors (Lipinski definition) is 2. The number of rotatable bonds is 3. The Hall–Kier alpha value is -1.76. The average molecular weight is 321 g/mol. The predicted molar refractivity (Wildman–Crippen MR) is 69.4 cm³/mol. The van der Waals surface area contributed by atoms with Gasteiger partial charge in [-0.15, -0.1) is 0 Å². The normalized spacial score (nSPS) is 18.5. The summed E-state index contributed by atoms with van der Waals surface area (Å²) >= 11 is 5.72. The van der Waals surface area contributed by atoms with Gasteiger partial charge >= 0.3 is 6.18 Å². The number of alkyl halides is 3. The highest BCUT2D eigenvalue weighted by Crippen LogP contribution is 2.36. The molecular weight excluding hydrogens is 309 g/mol. The Morgan fingerprint density at radius 1 is 1.43 bits per heavy atom. The molecular formula is C13H12ClF3N2O2. The van der Waals surface area contributed by atoms with Crippen LogP contribution >= 0.6 is 11.6 Å². The van der Waals surface area contributed by atoms with Crippen molar-refractivity contribution < 1.29 is 22.8 Å². The number of nitrogens with one attached hydrogen (secondary N) is 2. The van der Waals surface area contributed by atoms with Crippen molar-refractivity contribution in [3.63, 3.8) is 0 Å². The van der Waals surface area contributed by atoms with Crippen LogP contribution in [0.4, 0.5) is 13.2 Å². The van der Waals surface area contributed by atoms with Gasteiger partial charge in [0, 0.05) is 19.5 Å². The Bertz CT molecular complexity index is 575. The van der Waals surface area contributed by atoms with E-state index in [0.29, 0.717) is 0 Å². The molecule has 0 bridgehead atoms. The van der Waals surface area contributed by atoms with Gasteiger partial charge in [-0.2, -0.15) is 13.2 Å². The van der Waals surface area contributed by atoms with Gasteiger partial charge in [0.05, 0.1) is 16.5 Å². The minimum Gasteiger partial charge on any atom is -0.355 e. The molecule has 1 aromatic rings. The third kappa shape index (κ3) is 3.66. The highest BCUT2D eigenvalue weighted by atomic mass is 35.5. The van der Waals surface area contributed by atoms with Crippen molar-refractivity contribution in [2.75, 3.05) is 6.54 Å². The van der Waals surface area contributed by atoms with Gasteiger partial charge in [-0.3, -0.25) is 9.59 Å². The molecule has 2 amide bonds. The van der Waals surface area contributed by atoms with Gasteiger partial charge in [0.25, 0.3) is 0 Å². The smallest absolute Gasteiger partial charge is 0.355 e. The van der Waals surface area contributed by atoms with Crippen LogP contribution < -0.4 is 10.6 Å². The number of hydrogen-bond acceptors (Lipinski definition) is 2. The molecule has 0 spiro atoms. The SMILES string of the molecule is O=C1C[C@H](C(=O)NCc2cccc(C(F)(F)F)c2Cl)CN1. The maximum atomic E-state index is 12.7. The molecule has 21 heavy (non-hydrogen) atoms. The molecule has 2 rings (SSSR count). The van der Waals surface area contributed by atoms with Crippen molar-refractivity contribution in [2.24, 2.45) is 5.92 Å². The summed E-state index contributed by atoms with van der Waals surface area (Å²) in [5.74, 6) is -1.10. The van der Waals surface area contributed by atoms with Crippen molar-refractivity contribution in [2.45, 2.75) is 19.1 Å². The van der Waals surface area contributed by atoms with Crippen molar-refractivity contribution in [1.82, 2.24) is 10.6 Å². The van der Waals surface area contributed by atoms with Gasteiger partial charge < -0.3 is 10.6 Å². The highest BCUT2D eigenvalue weighted by molar-refractivity contribution is 6.32. The van der Waals surface area contributed by atoms with Crippen molar-refractivity contribution in [3.8, 4) is 0 Å². The summed E-state index contributed by atoms with van der Waals surface area (Å²) in [6, 6.07) is 3.53.